The highest BCUT2D eigenvalue weighted by atomic mass is 79.9. The van der Waals surface area contributed by atoms with Gasteiger partial charge in [-0.25, -0.2) is 4.98 Å². The number of aryl methyl sites for hydroxylation is 2. The van der Waals surface area contributed by atoms with E-state index in [1.54, 1.807) is 4.57 Å². The molecule has 6 aromatic rings. The maximum absolute atomic E-state index is 14.2. The Bertz CT molecular complexity index is 1960. The van der Waals surface area contributed by atoms with Crippen LogP contribution >= 0.6 is 39.0 Å². The number of carbonyl (C=O) groups excluding carboxylic acids is 1. The highest BCUT2D eigenvalue weighted by Crippen LogP contribution is 2.37. The van der Waals surface area contributed by atoms with Crippen LogP contribution in [0.1, 0.15) is 26.6 Å². The van der Waals surface area contributed by atoms with Crippen LogP contribution < -0.4 is 5.56 Å². The fraction of sp³-hybridized carbons (Fsp3) is 0.121. The van der Waals surface area contributed by atoms with Crippen molar-refractivity contribution in [3.8, 4) is 22.5 Å². The molecule has 0 unspecified atom stereocenters. The number of thiophene rings is 1. The topological polar surface area (TPSA) is 56.9 Å². The van der Waals surface area contributed by atoms with Gasteiger partial charge in [-0.2, -0.15) is 0 Å². The van der Waals surface area contributed by atoms with Gasteiger partial charge in [-0.1, -0.05) is 76.2 Å². The number of hydrogen-bond acceptors (Lipinski definition) is 5. The van der Waals surface area contributed by atoms with Crippen molar-refractivity contribution in [2.45, 2.75) is 25.9 Å². The summed E-state index contributed by atoms with van der Waals surface area (Å²) in [6.07, 6.45) is 0. The second kappa shape index (κ2) is 11.3. The van der Waals surface area contributed by atoms with E-state index in [1.165, 1.54) is 23.1 Å². The zero-order valence-electron chi connectivity index (χ0n) is 22.7. The molecular formula is C33H26BrN3O2S2. The van der Waals surface area contributed by atoms with Gasteiger partial charge in [0.2, 0.25) is 0 Å². The Hall–Kier alpha value is -3.72. The highest BCUT2D eigenvalue weighted by Gasteiger charge is 2.23. The smallest absolute Gasteiger partial charge is 0.268 e. The molecule has 0 amide bonds. The van der Waals surface area contributed by atoms with E-state index in [4.69, 9.17) is 4.98 Å². The van der Waals surface area contributed by atoms with Gasteiger partial charge in [0.15, 0.2) is 10.9 Å². The van der Waals surface area contributed by atoms with Gasteiger partial charge in [0.05, 0.1) is 16.8 Å². The number of Topliss-reactive ketones (excluding diaryl/α,β-unsaturated/α-hetero) is 1. The monoisotopic (exact) mass is 639 g/mol. The number of ketones is 1. The van der Waals surface area contributed by atoms with Crippen molar-refractivity contribution in [1.29, 1.82) is 0 Å². The van der Waals surface area contributed by atoms with E-state index in [0.717, 1.165) is 43.2 Å². The quantitative estimate of drug-likeness (QED) is 0.0997. The molecule has 41 heavy (non-hydrogen) atoms. The normalized spacial score (nSPS) is 11.3. The average Bonchev–Trinajstić information content (AvgIpc) is 3.48. The van der Waals surface area contributed by atoms with E-state index in [1.807, 2.05) is 112 Å². The molecule has 0 aliphatic rings. The molecule has 5 nitrogen and oxygen atoms in total. The van der Waals surface area contributed by atoms with Gasteiger partial charge in [-0.05, 0) is 68.8 Å². The number of halogens is 1. The predicted octanol–water partition coefficient (Wildman–Crippen LogP) is 8.57. The third-order valence-electron chi connectivity index (χ3n) is 7.10. The Balaban J connectivity index is 1.40. The molecule has 0 N–H and O–H groups in total. The Morgan fingerprint density at radius 1 is 0.878 bits per heavy atom. The first-order valence-electron chi connectivity index (χ1n) is 13.1. The second-order valence-corrected chi connectivity index (χ2v) is 12.8. The largest absolute Gasteiger partial charge is 0.318 e. The number of hydrogen-bond donors (Lipinski definition) is 0. The minimum absolute atomic E-state index is 0.00671. The number of carbonyl (C=O) groups is 1. The van der Waals surface area contributed by atoms with E-state index in [2.05, 4.69) is 20.5 Å². The lowest BCUT2D eigenvalue weighted by Gasteiger charge is -2.13. The second-order valence-electron chi connectivity index (χ2n) is 9.76. The first-order chi connectivity index (χ1) is 19.8. The summed E-state index contributed by atoms with van der Waals surface area (Å²) >= 11 is 6.30. The Morgan fingerprint density at radius 2 is 1.51 bits per heavy atom. The first-order valence-corrected chi connectivity index (χ1v) is 15.7. The van der Waals surface area contributed by atoms with Crippen LogP contribution in [0.4, 0.5) is 0 Å². The zero-order chi connectivity index (χ0) is 28.7. The maximum Gasteiger partial charge on any atom is 0.268 e. The lowest BCUT2D eigenvalue weighted by molar-refractivity contribution is 0.102. The molecule has 3 aromatic carbocycles. The lowest BCUT2D eigenvalue weighted by atomic mass is 10.0. The molecule has 0 saturated heterocycles. The summed E-state index contributed by atoms with van der Waals surface area (Å²) in [7, 11) is 0. The van der Waals surface area contributed by atoms with E-state index >= 15 is 0 Å². The summed E-state index contributed by atoms with van der Waals surface area (Å²) in [5, 5.41) is 1.11. The van der Waals surface area contributed by atoms with Gasteiger partial charge >= 0.3 is 0 Å². The Kier molecular flexibility index (Phi) is 7.55. The van der Waals surface area contributed by atoms with Crippen LogP contribution in [0.25, 0.3) is 32.7 Å². The number of rotatable bonds is 7. The van der Waals surface area contributed by atoms with Gasteiger partial charge < -0.3 is 4.57 Å². The summed E-state index contributed by atoms with van der Waals surface area (Å²) in [4.78, 5) is 34.4. The van der Waals surface area contributed by atoms with Crippen LogP contribution in [0.15, 0.2) is 105 Å². The summed E-state index contributed by atoms with van der Waals surface area (Å²) < 4.78 is 4.74. The molecular weight excluding hydrogens is 614 g/mol. The molecule has 0 aliphatic carbocycles. The molecule has 0 bridgehead atoms. The third kappa shape index (κ3) is 5.12. The summed E-state index contributed by atoms with van der Waals surface area (Å²) in [5.74, 6) is 0.151. The number of nitrogens with zero attached hydrogens (tertiary/aromatic N) is 3. The molecule has 0 spiro atoms. The number of thioether (sulfide) groups is 1. The minimum atomic E-state index is -0.132. The van der Waals surface area contributed by atoms with Crippen LogP contribution in [-0.4, -0.2) is 25.7 Å². The number of fused-ring (bicyclic) bond motifs is 1. The van der Waals surface area contributed by atoms with Gasteiger partial charge in [-0.15, -0.1) is 11.3 Å². The van der Waals surface area contributed by atoms with Crippen LogP contribution in [0.2, 0.25) is 0 Å². The first kappa shape index (κ1) is 27.4. The van der Waals surface area contributed by atoms with Gasteiger partial charge in [-0.3, -0.25) is 14.2 Å². The molecule has 6 rings (SSSR count). The highest BCUT2D eigenvalue weighted by molar-refractivity contribution is 9.10. The molecule has 3 heterocycles. The maximum atomic E-state index is 14.2. The minimum Gasteiger partial charge on any atom is -0.318 e. The van der Waals surface area contributed by atoms with Crippen molar-refractivity contribution in [3.05, 3.63) is 128 Å². The Labute approximate surface area is 254 Å². The van der Waals surface area contributed by atoms with Crippen molar-refractivity contribution in [1.82, 2.24) is 14.1 Å². The van der Waals surface area contributed by atoms with E-state index in [0.29, 0.717) is 20.9 Å². The fourth-order valence-corrected chi connectivity index (χ4v) is 7.48. The van der Waals surface area contributed by atoms with Crippen LogP contribution in [0.3, 0.4) is 0 Å². The summed E-state index contributed by atoms with van der Waals surface area (Å²) in [6.45, 7) is 6.00. The van der Waals surface area contributed by atoms with Gasteiger partial charge in [0, 0.05) is 37.6 Å². The molecule has 0 fully saturated rings. The SMILES string of the molecule is Cc1sc2nc(SCC(=O)c3cc(C)n(-c4ccc(Br)cc4)c3C)n(-c3ccccc3)c(=O)c2c1-c1ccccc1. The van der Waals surface area contributed by atoms with E-state index in [-0.39, 0.29) is 17.1 Å². The van der Waals surface area contributed by atoms with Crippen molar-refractivity contribution in [2.75, 3.05) is 5.75 Å². The van der Waals surface area contributed by atoms with Crippen molar-refractivity contribution in [2.24, 2.45) is 0 Å². The number of para-hydroxylation sites is 1. The predicted molar refractivity (Wildman–Crippen MR) is 173 cm³/mol. The molecule has 0 atom stereocenters. The molecule has 3 aromatic heterocycles. The van der Waals surface area contributed by atoms with E-state index in [9.17, 15) is 9.59 Å². The zero-order valence-corrected chi connectivity index (χ0v) is 25.9. The fourth-order valence-electron chi connectivity index (χ4n) is 5.24. The number of aromatic nitrogens is 3. The number of benzene rings is 3. The molecule has 0 aliphatic heterocycles. The Morgan fingerprint density at radius 3 is 2.20 bits per heavy atom. The third-order valence-corrected chi connectivity index (χ3v) is 9.56. The van der Waals surface area contributed by atoms with E-state index < -0.39 is 0 Å². The molecule has 8 heteroatoms. The lowest BCUT2D eigenvalue weighted by Crippen LogP contribution is -2.22. The van der Waals surface area contributed by atoms with Crippen molar-refractivity contribution >= 4 is 55.0 Å². The van der Waals surface area contributed by atoms with Crippen LogP contribution in [0, 0.1) is 20.8 Å². The molecule has 0 saturated carbocycles. The van der Waals surface area contributed by atoms with Crippen molar-refractivity contribution in [3.63, 3.8) is 0 Å². The van der Waals surface area contributed by atoms with Gasteiger partial charge in [0.1, 0.15) is 4.83 Å². The summed E-state index contributed by atoms with van der Waals surface area (Å²) in [6, 6.07) is 29.5. The van der Waals surface area contributed by atoms with Crippen LogP contribution in [0.5, 0.6) is 0 Å². The average molecular weight is 641 g/mol. The molecule has 204 valence electrons. The van der Waals surface area contributed by atoms with Gasteiger partial charge in [0.25, 0.3) is 5.56 Å². The standard InChI is InChI=1S/C33H26BrN3O2S2/c1-20-18-27(21(2)36(20)26-16-14-24(34)15-17-26)28(38)19-40-33-35-31-30(32(39)37(33)25-12-8-5-9-13-25)29(22(3)41-31)23-10-6-4-7-11-23/h4-18H,19H2,1-3H3. The van der Waals surface area contributed by atoms with Crippen LogP contribution in [-0.2, 0) is 0 Å². The van der Waals surface area contributed by atoms with Crippen molar-refractivity contribution < 1.29 is 4.79 Å². The summed E-state index contributed by atoms with van der Waals surface area (Å²) in [5.41, 5.74) is 6.05. The molecule has 0 radical (unpaired) electrons.